The van der Waals surface area contributed by atoms with Crippen LogP contribution < -0.4 is 5.32 Å². The van der Waals surface area contributed by atoms with Crippen LogP contribution in [0.15, 0.2) is 16.8 Å². The number of amides is 1. The van der Waals surface area contributed by atoms with E-state index in [0.717, 1.165) is 30.9 Å². The van der Waals surface area contributed by atoms with Gasteiger partial charge in [0.15, 0.2) is 5.69 Å². The van der Waals surface area contributed by atoms with Gasteiger partial charge in [0.2, 0.25) is 0 Å². The van der Waals surface area contributed by atoms with Crippen molar-refractivity contribution in [1.29, 1.82) is 0 Å². The van der Waals surface area contributed by atoms with Crippen LogP contribution in [0.1, 0.15) is 55.0 Å². The number of nitrogens with one attached hydrogen (secondary N) is 1. The Bertz CT molecular complexity index is 693. The molecule has 1 aliphatic rings. The molecule has 0 spiro atoms. The highest BCUT2D eigenvalue weighted by molar-refractivity contribution is 5.92. The van der Waals surface area contributed by atoms with E-state index in [-0.39, 0.29) is 17.4 Å². The minimum absolute atomic E-state index is 0.100. The van der Waals surface area contributed by atoms with Gasteiger partial charge in [-0.15, -0.1) is 0 Å². The lowest BCUT2D eigenvalue weighted by Gasteiger charge is -2.24. The number of aryl methyl sites for hydroxylation is 2. The molecule has 1 aliphatic heterocycles. The molecule has 2 aromatic heterocycles. The monoisotopic (exact) mass is 302 g/mol. The average molecular weight is 302 g/mol. The Kier molecular flexibility index (Phi) is 3.54. The number of imidazole rings is 1. The first-order valence-electron chi connectivity index (χ1n) is 7.63. The molecule has 0 saturated heterocycles. The molecule has 1 N–H and O–H groups in total. The van der Waals surface area contributed by atoms with Crippen LogP contribution in [0, 0.1) is 6.92 Å². The lowest BCUT2D eigenvalue weighted by Crippen LogP contribution is -2.41. The number of rotatable bonds is 2. The lowest BCUT2D eigenvalue weighted by molar-refractivity contribution is 0.0918. The zero-order valence-electron chi connectivity index (χ0n) is 13.5. The largest absolute Gasteiger partial charge is 0.360 e. The smallest absolute Gasteiger partial charge is 0.273 e. The van der Waals surface area contributed by atoms with Crippen LogP contribution in [0.3, 0.4) is 0 Å². The van der Waals surface area contributed by atoms with Gasteiger partial charge >= 0.3 is 0 Å². The van der Waals surface area contributed by atoms with E-state index in [4.69, 9.17) is 4.52 Å². The highest BCUT2D eigenvalue weighted by Crippen LogP contribution is 2.23. The third-order valence-corrected chi connectivity index (χ3v) is 3.93. The molecule has 3 rings (SSSR count). The van der Waals surface area contributed by atoms with Crippen molar-refractivity contribution in [2.24, 2.45) is 0 Å². The Labute approximate surface area is 129 Å². The van der Waals surface area contributed by atoms with Crippen molar-refractivity contribution >= 4 is 5.91 Å². The van der Waals surface area contributed by atoms with Gasteiger partial charge in [0.1, 0.15) is 11.6 Å². The summed E-state index contributed by atoms with van der Waals surface area (Å²) in [6, 6.07) is 1.83. The molecular formula is C16H22N4O2. The molecule has 6 heteroatoms. The second-order valence-corrected chi connectivity index (χ2v) is 6.99. The first kappa shape index (κ1) is 14.8. The van der Waals surface area contributed by atoms with Crippen molar-refractivity contribution in [3.8, 4) is 0 Å². The van der Waals surface area contributed by atoms with E-state index in [1.807, 2.05) is 33.9 Å². The molecule has 0 bridgehead atoms. The predicted molar refractivity (Wildman–Crippen MR) is 81.7 cm³/mol. The first-order valence-corrected chi connectivity index (χ1v) is 7.63. The van der Waals surface area contributed by atoms with Gasteiger partial charge in [0.05, 0.1) is 5.69 Å². The van der Waals surface area contributed by atoms with Crippen molar-refractivity contribution in [3.63, 3.8) is 0 Å². The maximum Gasteiger partial charge on any atom is 0.273 e. The van der Waals surface area contributed by atoms with E-state index in [2.05, 4.69) is 20.0 Å². The molecule has 1 amide bonds. The highest BCUT2D eigenvalue weighted by Gasteiger charge is 2.25. The van der Waals surface area contributed by atoms with Gasteiger partial charge in [-0.1, -0.05) is 25.9 Å². The Morgan fingerprint density at radius 1 is 1.45 bits per heavy atom. The van der Waals surface area contributed by atoms with E-state index >= 15 is 0 Å². The van der Waals surface area contributed by atoms with E-state index in [1.54, 1.807) is 6.07 Å². The number of nitrogens with zero attached hydrogens (tertiary/aromatic N) is 3. The number of fused-ring (bicyclic) bond motifs is 1. The minimum atomic E-state index is -0.176. The van der Waals surface area contributed by atoms with Crippen molar-refractivity contribution in [3.05, 3.63) is 35.2 Å². The summed E-state index contributed by atoms with van der Waals surface area (Å²) in [5.41, 5.74) is 1.21. The molecule has 0 fully saturated rings. The third kappa shape index (κ3) is 2.91. The highest BCUT2D eigenvalue weighted by atomic mass is 16.5. The van der Waals surface area contributed by atoms with Crippen LogP contribution >= 0.6 is 0 Å². The van der Waals surface area contributed by atoms with Crippen molar-refractivity contribution in [1.82, 2.24) is 20.0 Å². The standard InChI is InChI=1S/C16H22N4O2/c1-10-8-20-9-11(5-6-14(20)17-10)18-15(21)12-7-13(22-19-12)16(2,3)4/h7-8,11H,5-6,9H2,1-4H3,(H,18,21)/t11-/m0/s1. The maximum absolute atomic E-state index is 12.3. The summed E-state index contributed by atoms with van der Waals surface area (Å²) in [5, 5.41) is 6.93. The number of hydrogen-bond donors (Lipinski definition) is 1. The molecule has 0 aromatic carbocycles. The first-order chi connectivity index (χ1) is 10.3. The summed E-state index contributed by atoms with van der Waals surface area (Å²) < 4.78 is 7.39. The van der Waals surface area contributed by atoms with Crippen LogP contribution in [-0.2, 0) is 18.4 Å². The maximum atomic E-state index is 12.3. The molecular weight excluding hydrogens is 280 g/mol. The van der Waals surface area contributed by atoms with Gasteiger partial charge in [0.25, 0.3) is 5.91 Å². The molecule has 0 aliphatic carbocycles. The van der Waals surface area contributed by atoms with Gasteiger partial charge < -0.3 is 14.4 Å². The summed E-state index contributed by atoms with van der Waals surface area (Å²) in [4.78, 5) is 16.8. The van der Waals surface area contributed by atoms with E-state index in [1.165, 1.54) is 0 Å². The fourth-order valence-corrected chi connectivity index (χ4v) is 2.70. The van der Waals surface area contributed by atoms with E-state index in [9.17, 15) is 4.79 Å². The Balaban J connectivity index is 1.66. The number of carbonyl (C=O) groups is 1. The number of carbonyl (C=O) groups excluding carboxylic acids is 1. The summed E-state index contributed by atoms with van der Waals surface area (Å²) in [6.45, 7) is 8.83. The van der Waals surface area contributed by atoms with Crippen LogP contribution in [0.4, 0.5) is 0 Å². The zero-order chi connectivity index (χ0) is 15.9. The van der Waals surface area contributed by atoms with Gasteiger partial charge in [-0.2, -0.15) is 0 Å². The molecule has 118 valence electrons. The van der Waals surface area contributed by atoms with Gasteiger partial charge in [-0.3, -0.25) is 4.79 Å². The topological polar surface area (TPSA) is 73.0 Å². The molecule has 0 unspecified atom stereocenters. The Hall–Kier alpha value is -2.11. The summed E-state index contributed by atoms with van der Waals surface area (Å²) >= 11 is 0. The van der Waals surface area contributed by atoms with Crippen LogP contribution in [0.2, 0.25) is 0 Å². The van der Waals surface area contributed by atoms with E-state index < -0.39 is 0 Å². The fraction of sp³-hybridized carbons (Fsp3) is 0.562. The second-order valence-electron chi connectivity index (χ2n) is 6.99. The quantitative estimate of drug-likeness (QED) is 0.923. The Morgan fingerprint density at radius 2 is 2.23 bits per heavy atom. The zero-order valence-corrected chi connectivity index (χ0v) is 13.5. The minimum Gasteiger partial charge on any atom is -0.360 e. The second kappa shape index (κ2) is 5.26. The van der Waals surface area contributed by atoms with Crippen LogP contribution in [0.5, 0.6) is 0 Å². The van der Waals surface area contributed by atoms with Crippen LogP contribution in [-0.4, -0.2) is 26.7 Å². The lowest BCUT2D eigenvalue weighted by atomic mass is 9.93. The van der Waals surface area contributed by atoms with Gasteiger partial charge in [-0.05, 0) is 13.3 Å². The molecule has 3 heterocycles. The summed E-state index contributed by atoms with van der Waals surface area (Å²) in [6.07, 6.45) is 3.80. The SMILES string of the molecule is Cc1cn2c(n1)CC[C@H](NC(=O)c1cc(C(C)(C)C)on1)C2. The molecule has 0 radical (unpaired) electrons. The Morgan fingerprint density at radius 3 is 2.91 bits per heavy atom. The number of aromatic nitrogens is 3. The molecule has 0 saturated carbocycles. The molecule has 1 atom stereocenters. The van der Waals surface area contributed by atoms with Gasteiger partial charge in [0, 0.05) is 36.7 Å². The summed E-state index contributed by atoms with van der Waals surface area (Å²) in [7, 11) is 0. The molecule has 2 aromatic rings. The predicted octanol–water partition coefficient (Wildman–Crippen LogP) is 2.22. The van der Waals surface area contributed by atoms with Crippen molar-refractivity contribution in [2.45, 2.75) is 58.5 Å². The van der Waals surface area contributed by atoms with Gasteiger partial charge in [-0.25, -0.2) is 4.98 Å². The normalized spacial score (nSPS) is 18.1. The fourth-order valence-electron chi connectivity index (χ4n) is 2.70. The van der Waals surface area contributed by atoms with Crippen molar-refractivity contribution < 1.29 is 9.32 Å². The molecule has 6 nitrogen and oxygen atoms in total. The van der Waals surface area contributed by atoms with Crippen LogP contribution in [0.25, 0.3) is 0 Å². The average Bonchev–Trinajstić information content (AvgIpc) is 3.02. The van der Waals surface area contributed by atoms with E-state index in [0.29, 0.717) is 11.5 Å². The molecule has 22 heavy (non-hydrogen) atoms. The van der Waals surface area contributed by atoms with Crippen molar-refractivity contribution in [2.75, 3.05) is 0 Å². The third-order valence-electron chi connectivity index (χ3n) is 3.93. The summed E-state index contributed by atoms with van der Waals surface area (Å²) in [5.74, 6) is 1.64. The number of hydrogen-bond acceptors (Lipinski definition) is 4.